The highest BCUT2D eigenvalue weighted by atomic mass is 16.3. The molecule has 0 aliphatic carbocycles. The first-order chi connectivity index (χ1) is 9.02. The number of aliphatic hydroxyl groups is 1. The summed E-state index contributed by atoms with van der Waals surface area (Å²) in [5.41, 5.74) is 0. The van der Waals surface area contributed by atoms with Gasteiger partial charge in [-0.25, -0.2) is 0 Å². The molecule has 0 aliphatic rings. The summed E-state index contributed by atoms with van der Waals surface area (Å²) in [5, 5.41) is 15.5. The summed E-state index contributed by atoms with van der Waals surface area (Å²) in [4.78, 5) is 14.8. The maximum Gasteiger partial charge on any atom is 0.231 e. The van der Waals surface area contributed by atoms with Crippen molar-refractivity contribution < 1.29 is 5.11 Å². The number of aromatic nitrogens is 3. The topological polar surface area (TPSA) is 86.2 Å². The summed E-state index contributed by atoms with van der Waals surface area (Å²) in [5.74, 6) is 1.70. The van der Waals surface area contributed by atoms with Crippen molar-refractivity contribution in [2.24, 2.45) is 0 Å². The van der Waals surface area contributed by atoms with Gasteiger partial charge in [0.05, 0.1) is 6.10 Å². The monoisotopic (exact) mass is 268 g/mol. The molecule has 0 radical (unpaired) electrons. The van der Waals surface area contributed by atoms with Crippen molar-refractivity contribution in [1.29, 1.82) is 0 Å². The zero-order chi connectivity index (χ0) is 14.3. The van der Waals surface area contributed by atoms with E-state index in [0.29, 0.717) is 30.8 Å². The molecular weight excluding hydrogens is 244 g/mol. The highest BCUT2D eigenvalue weighted by Crippen LogP contribution is 2.11. The SMILES string of the molecule is CCCNc1nc(NCCC(C)O)nc(N(C)C)n1. The smallest absolute Gasteiger partial charge is 0.231 e. The van der Waals surface area contributed by atoms with Gasteiger partial charge in [-0.05, 0) is 19.8 Å². The minimum Gasteiger partial charge on any atom is -0.393 e. The van der Waals surface area contributed by atoms with Crippen LogP contribution < -0.4 is 15.5 Å². The summed E-state index contributed by atoms with van der Waals surface area (Å²) in [7, 11) is 3.77. The molecule has 0 aliphatic heterocycles. The van der Waals surface area contributed by atoms with Gasteiger partial charge in [0.1, 0.15) is 0 Å². The van der Waals surface area contributed by atoms with E-state index in [1.165, 1.54) is 0 Å². The maximum absolute atomic E-state index is 9.23. The van der Waals surface area contributed by atoms with Crippen LogP contribution in [0, 0.1) is 0 Å². The Labute approximate surface area is 114 Å². The van der Waals surface area contributed by atoms with Gasteiger partial charge in [0.25, 0.3) is 0 Å². The van der Waals surface area contributed by atoms with E-state index in [1.807, 2.05) is 19.0 Å². The standard InChI is InChI=1S/C12H24N6O/c1-5-7-13-10-15-11(14-8-6-9(2)19)17-12(16-10)18(3)4/h9,19H,5-8H2,1-4H3,(H2,13,14,15,16,17). The molecule has 0 aromatic carbocycles. The number of anilines is 3. The van der Waals surface area contributed by atoms with E-state index < -0.39 is 0 Å². The molecule has 19 heavy (non-hydrogen) atoms. The number of nitrogens with one attached hydrogen (secondary N) is 2. The Kier molecular flexibility index (Phi) is 6.27. The molecule has 0 bridgehead atoms. The Morgan fingerprint density at radius 1 is 1.11 bits per heavy atom. The van der Waals surface area contributed by atoms with Crippen LogP contribution >= 0.6 is 0 Å². The molecule has 0 fully saturated rings. The Bertz CT molecular complexity index is 382. The lowest BCUT2D eigenvalue weighted by atomic mass is 10.3. The van der Waals surface area contributed by atoms with Crippen molar-refractivity contribution in [3.05, 3.63) is 0 Å². The van der Waals surface area contributed by atoms with E-state index in [4.69, 9.17) is 0 Å². The summed E-state index contributed by atoms with van der Waals surface area (Å²) >= 11 is 0. The minimum atomic E-state index is -0.333. The highest BCUT2D eigenvalue weighted by molar-refractivity contribution is 5.42. The lowest BCUT2D eigenvalue weighted by molar-refractivity contribution is 0.188. The summed E-state index contributed by atoms with van der Waals surface area (Å²) in [6.07, 6.45) is 1.33. The fourth-order valence-electron chi connectivity index (χ4n) is 1.35. The molecule has 1 heterocycles. The fraction of sp³-hybridized carbons (Fsp3) is 0.750. The van der Waals surface area contributed by atoms with E-state index in [0.717, 1.165) is 13.0 Å². The average Bonchev–Trinajstić information content (AvgIpc) is 2.35. The van der Waals surface area contributed by atoms with Crippen molar-refractivity contribution in [1.82, 2.24) is 15.0 Å². The molecule has 7 nitrogen and oxygen atoms in total. The molecule has 0 saturated heterocycles. The molecular formula is C12H24N6O. The second-order valence-corrected chi connectivity index (χ2v) is 4.67. The van der Waals surface area contributed by atoms with Crippen molar-refractivity contribution in [3.63, 3.8) is 0 Å². The molecule has 3 N–H and O–H groups in total. The quantitative estimate of drug-likeness (QED) is 0.647. The number of aliphatic hydroxyl groups excluding tert-OH is 1. The van der Waals surface area contributed by atoms with Crippen LogP contribution in [-0.2, 0) is 0 Å². The fourth-order valence-corrected chi connectivity index (χ4v) is 1.35. The first kappa shape index (κ1) is 15.4. The van der Waals surface area contributed by atoms with Crippen LogP contribution in [0.5, 0.6) is 0 Å². The van der Waals surface area contributed by atoms with Crippen molar-refractivity contribution >= 4 is 17.8 Å². The van der Waals surface area contributed by atoms with Gasteiger partial charge in [-0.3, -0.25) is 0 Å². The largest absolute Gasteiger partial charge is 0.393 e. The summed E-state index contributed by atoms with van der Waals surface area (Å²) in [6, 6.07) is 0. The number of hydrogen-bond acceptors (Lipinski definition) is 7. The minimum absolute atomic E-state index is 0.333. The third kappa shape index (κ3) is 5.69. The summed E-state index contributed by atoms with van der Waals surface area (Å²) in [6.45, 7) is 5.29. The van der Waals surface area contributed by atoms with E-state index in [1.54, 1.807) is 6.92 Å². The van der Waals surface area contributed by atoms with Gasteiger partial charge in [0.15, 0.2) is 0 Å². The molecule has 1 atom stereocenters. The first-order valence-corrected chi connectivity index (χ1v) is 6.62. The van der Waals surface area contributed by atoms with Crippen LogP contribution in [0.25, 0.3) is 0 Å². The van der Waals surface area contributed by atoms with Gasteiger partial charge >= 0.3 is 0 Å². The molecule has 1 rings (SSSR count). The van der Waals surface area contributed by atoms with Crippen LogP contribution in [-0.4, -0.2) is 53.3 Å². The van der Waals surface area contributed by atoms with Gasteiger partial charge in [-0.15, -0.1) is 0 Å². The molecule has 0 amide bonds. The van der Waals surface area contributed by atoms with Crippen LogP contribution in [0.2, 0.25) is 0 Å². The second kappa shape index (κ2) is 7.73. The van der Waals surface area contributed by atoms with E-state index >= 15 is 0 Å². The molecule has 0 saturated carbocycles. The number of rotatable bonds is 8. The Morgan fingerprint density at radius 2 is 1.68 bits per heavy atom. The highest BCUT2D eigenvalue weighted by Gasteiger charge is 2.07. The van der Waals surface area contributed by atoms with E-state index in [9.17, 15) is 5.11 Å². The lowest BCUT2D eigenvalue weighted by Gasteiger charge is -2.14. The molecule has 1 unspecified atom stereocenters. The number of nitrogens with zero attached hydrogens (tertiary/aromatic N) is 4. The Morgan fingerprint density at radius 3 is 2.16 bits per heavy atom. The molecule has 108 valence electrons. The summed E-state index contributed by atoms with van der Waals surface area (Å²) < 4.78 is 0. The normalized spacial score (nSPS) is 12.1. The van der Waals surface area contributed by atoms with E-state index in [-0.39, 0.29) is 6.10 Å². The van der Waals surface area contributed by atoms with Gasteiger partial charge in [0.2, 0.25) is 17.8 Å². The zero-order valence-corrected chi connectivity index (χ0v) is 12.1. The van der Waals surface area contributed by atoms with Gasteiger partial charge in [-0.2, -0.15) is 15.0 Å². The first-order valence-electron chi connectivity index (χ1n) is 6.62. The van der Waals surface area contributed by atoms with Gasteiger partial charge in [0, 0.05) is 27.2 Å². The Hall–Kier alpha value is -1.63. The van der Waals surface area contributed by atoms with Crippen LogP contribution in [0.3, 0.4) is 0 Å². The molecule has 0 spiro atoms. The lowest BCUT2D eigenvalue weighted by Crippen LogP contribution is -2.18. The molecule has 7 heteroatoms. The van der Waals surface area contributed by atoms with Crippen molar-refractivity contribution in [2.75, 3.05) is 42.7 Å². The maximum atomic E-state index is 9.23. The molecule has 1 aromatic rings. The van der Waals surface area contributed by atoms with Crippen LogP contribution in [0.15, 0.2) is 0 Å². The van der Waals surface area contributed by atoms with Crippen molar-refractivity contribution in [2.45, 2.75) is 32.8 Å². The third-order valence-corrected chi connectivity index (χ3v) is 2.40. The average molecular weight is 268 g/mol. The Balaban J connectivity index is 2.74. The zero-order valence-electron chi connectivity index (χ0n) is 12.1. The van der Waals surface area contributed by atoms with Crippen molar-refractivity contribution in [3.8, 4) is 0 Å². The van der Waals surface area contributed by atoms with Gasteiger partial charge < -0.3 is 20.6 Å². The van der Waals surface area contributed by atoms with E-state index in [2.05, 4.69) is 32.5 Å². The molecule has 1 aromatic heterocycles. The predicted molar refractivity (Wildman–Crippen MR) is 77.7 cm³/mol. The third-order valence-electron chi connectivity index (χ3n) is 2.40. The van der Waals surface area contributed by atoms with Crippen LogP contribution in [0.1, 0.15) is 26.7 Å². The number of hydrogen-bond donors (Lipinski definition) is 3. The van der Waals surface area contributed by atoms with Crippen LogP contribution in [0.4, 0.5) is 17.8 Å². The predicted octanol–water partition coefficient (Wildman–Crippen LogP) is 0.942. The second-order valence-electron chi connectivity index (χ2n) is 4.67. The van der Waals surface area contributed by atoms with Gasteiger partial charge in [-0.1, -0.05) is 6.92 Å².